The molecule has 6 heteroatoms. The fourth-order valence-corrected chi connectivity index (χ4v) is 2.82. The third-order valence-corrected chi connectivity index (χ3v) is 4.11. The van der Waals surface area contributed by atoms with E-state index in [1.54, 1.807) is 18.6 Å². The van der Waals surface area contributed by atoms with Crippen LogP contribution in [0, 0.1) is 0 Å². The van der Waals surface area contributed by atoms with Crippen LogP contribution in [0.5, 0.6) is 5.75 Å². The highest BCUT2D eigenvalue weighted by Gasteiger charge is 2.09. The van der Waals surface area contributed by atoms with Crippen LogP contribution in [0.1, 0.15) is 5.56 Å². The second kappa shape index (κ2) is 6.68. The summed E-state index contributed by atoms with van der Waals surface area (Å²) in [6.07, 6.45) is 4.86. The predicted molar refractivity (Wildman–Crippen MR) is 102 cm³/mol. The van der Waals surface area contributed by atoms with E-state index in [-0.39, 0.29) is 0 Å². The molecule has 26 heavy (non-hydrogen) atoms. The number of hydrogen-bond donors (Lipinski definition) is 2. The van der Waals surface area contributed by atoms with Crippen molar-refractivity contribution in [1.29, 1.82) is 0 Å². The Morgan fingerprint density at radius 3 is 2.46 bits per heavy atom. The van der Waals surface area contributed by atoms with Crippen molar-refractivity contribution in [3.63, 3.8) is 0 Å². The summed E-state index contributed by atoms with van der Waals surface area (Å²) in [5.41, 5.74) is 14.9. The number of aromatic nitrogens is 3. The summed E-state index contributed by atoms with van der Waals surface area (Å²) < 4.78 is 6.03. The Morgan fingerprint density at radius 1 is 0.808 bits per heavy atom. The third-order valence-electron chi connectivity index (χ3n) is 4.11. The van der Waals surface area contributed by atoms with Crippen molar-refractivity contribution in [2.24, 2.45) is 0 Å². The van der Waals surface area contributed by atoms with Crippen LogP contribution in [-0.2, 0) is 6.61 Å². The van der Waals surface area contributed by atoms with Crippen LogP contribution in [0.3, 0.4) is 0 Å². The van der Waals surface area contributed by atoms with Crippen LogP contribution in [-0.4, -0.2) is 15.0 Å². The normalized spacial score (nSPS) is 10.8. The number of nitrogen functional groups attached to an aromatic ring is 2. The maximum Gasteiger partial charge on any atom is 0.151 e. The monoisotopic (exact) mass is 343 g/mol. The lowest BCUT2D eigenvalue weighted by atomic mass is 10.1. The number of nitrogens with zero attached hydrogens (tertiary/aromatic N) is 3. The molecule has 0 saturated carbocycles. The lowest BCUT2D eigenvalue weighted by Gasteiger charge is -2.11. The zero-order valence-electron chi connectivity index (χ0n) is 14.0. The number of fused-ring (bicyclic) bond motifs is 1. The summed E-state index contributed by atoms with van der Waals surface area (Å²) in [5.74, 6) is 1.13. The highest BCUT2D eigenvalue weighted by molar-refractivity contribution is 5.96. The SMILES string of the molecule is Nc1nccnc1-c1cc(COc2ccc(N)c3ccccc23)ccn1. The number of anilines is 2. The minimum absolute atomic E-state index is 0.350. The van der Waals surface area contributed by atoms with Gasteiger partial charge in [0.25, 0.3) is 0 Å². The van der Waals surface area contributed by atoms with E-state index in [0.717, 1.165) is 27.8 Å². The molecule has 0 amide bonds. The third kappa shape index (κ3) is 3.00. The van der Waals surface area contributed by atoms with Gasteiger partial charge in [-0.1, -0.05) is 24.3 Å². The molecule has 0 radical (unpaired) electrons. The topological polar surface area (TPSA) is 99.9 Å². The van der Waals surface area contributed by atoms with E-state index in [1.807, 2.05) is 48.5 Å². The highest BCUT2D eigenvalue weighted by Crippen LogP contribution is 2.30. The summed E-state index contributed by atoms with van der Waals surface area (Å²) in [4.78, 5) is 12.6. The van der Waals surface area contributed by atoms with Crippen molar-refractivity contribution in [2.45, 2.75) is 6.61 Å². The van der Waals surface area contributed by atoms with Crippen LogP contribution in [0.15, 0.2) is 67.1 Å². The van der Waals surface area contributed by atoms with Crippen LogP contribution < -0.4 is 16.2 Å². The largest absolute Gasteiger partial charge is 0.488 e. The van der Waals surface area contributed by atoms with Crippen LogP contribution >= 0.6 is 0 Å². The molecule has 0 atom stereocenters. The van der Waals surface area contributed by atoms with Gasteiger partial charge in [0.2, 0.25) is 0 Å². The number of pyridine rings is 1. The fraction of sp³-hybridized carbons (Fsp3) is 0.0500. The van der Waals surface area contributed by atoms with Crippen molar-refractivity contribution in [2.75, 3.05) is 11.5 Å². The number of benzene rings is 2. The van der Waals surface area contributed by atoms with Gasteiger partial charge in [-0.3, -0.25) is 4.98 Å². The van der Waals surface area contributed by atoms with Gasteiger partial charge in [-0.05, 0) is 29.8 Å². The standard InChI is InChI=1S/C20H17N5O/c21-16-5-6-18(15-4-2-1-3-14(15)16)26-12-13-7-8-23-17(11-13)19-20(22)25-10-9-24-19/h1-11H,12,21H2,(H2,22,25). The van der Waals surface area contributed by atoms with Gasteiger partial charge in [-0.15, -0.1) is 0 Å². The Kier molecular flexibility index (Phi) is 4.07. The van der Waals surface area contributed by atoms with Crippen molar-refractivity contribution in [3.8, 4) is 17.1 Å². The minimum Gasteiger partial charge on any atom is -0.488 e. The molecule has 0 aliphatic rings. The number of hydrogen-bond acceptors (Lipinski definition) is 6. The molecule has 0 unspecified atom stereocenters. The lowest BCUT2D eigenvalue weighted by molar-refractivity contribution is 0.310. The van der Waals surface area contributed by atoms with Crippen LogP contribution in [0.4, 0.5) is 11.5 Å². The molecule has 128 valence electrons. The molecule has 0 spiro atoms. The predicted octanol–water partition coefficient (Wildman–Crippen LogP) is 3.44. The second-order valence-corrected chi connectivity index (χ2v) is 5.83. The molecule has 6 nitrogen and oxygen atoms in total. The van der Waals surface area contributed by atoms with Gasteiger partial charge in [-0.25, -0.2) is 9.97 Å². The highest BCUT2D eigenvalue weighted by atomic mass is 16.5. The molecule has 0 bridgehead atoms. The molecule has 2 aromatic carbocycles. The zero-order chi connectivity index (χ0) is 17.9. The molecule has 2 heterocycles. The van der Waals surface area contributed by atoms with Crippen molar-refractivity contribution < 1.29 is 4.74 Å². The molecular formula is C20H17N5O. The average molecular weight is 343 g/mol. The number of nitrogens with two attached hydrogens (primary N) is 2. The Labute approximate surface area is 150 Å². The Bertz CT molecular complexity index is 1080. The number of rotatable bonds is 4. The first-order valence-corrected chi connectivity index (χ1v) is 8.14. The van der Waals surface area contributed by atoms with E-state index >= 15 is 0 Å². The molecule has 2 aromatic heterocycles. The van der Waals surface area contributed by atoms with Gasteiger partial charge in [-0.2, -0.15) is 0 Å². The Hall–Kier alpha value is -3.67. The maximum absolute atomic E-state index is 6.04. The van der Waals surface area contributed by atoms with E-state index < -0.39 is 0 Å². The van der Waals surface area contributed by atoms with Crippen LogP contribution in [0.25, 0.3) is 22.2 Å². The summed E-state index contributed by atoms with van der Waals surface area (Å²) in [5, 5.41) is 1.97. The summed E-state index contributed by atoms with van der Waals surface area (Å²) in [6, 6.07) is 15.5. The molecule has 4 aromatic rings. The molecule has 0 aliphatic carbocycles. The molecule has 4 rings (SSSR count). The van der Waals surface area contributed by atoms with E-state index in [2.05, 4.69) is 15.0 Å². The summed E-state index contributed by atoms with van der Waals surface area (Å²) in [7, 11) is 0. The quantitative estimate of drug-likeness (QED) is 0.551. The molecule has 0 saturated heterocycles. The zero-order valence-corrected chi connectivity index (χ0v) is 14.0. The van der Waals surface area contributed by atoms with Gasteiger partial charge in [0.15, 0.2) is 5.82 Å². The first-order valence-electron chi connectivity index (χ1n) is 8.14. The minimum atomic E-state index is 0.350. The number of ether oxygens (including phenoxy) is 1. The van der Waals surface area contributed by atoms with Crippen molar-refractivity contribution in [3.05, 3.63) is 72.7 Å². The molecule has 0 fully saturated rings. The second-order valence-electron chi connectivity index (χ2n) is 5.83. The van der Waals surface area contributed by atoms with Gasteiger partial charge in [0.05, 0.1) is 5.69 Å². The van der Waals surface area contributed by atoms with E-state index in [4.69, 9.17) is 16.2 Å². The average Bonchev–Trinajstić information content (AvgIpc) is 2.68. The Balaban J connectivity index is 1.61. The first-order chi connectivity index (χ1) is 12.7. The lowest BCUT2D eigenvalue weighted by Crippen LogP contribution is -2.00. The van der Waals surface area contributed by atoms with Crippen LogP contribution in [0.2, 0.25) is 0 Å². The van der Waals surface area contributed by atoms with Crippen molar-refractivity contribution >= 4 is 22.3 Å². The van der Waals surface area contributed by atoms with E-state index in [1.165, 1.54) is 0 Å². The smallest absolute Gasteiger partial charge is 0.151 e. The summed E-state index contributed by atoms with van der Waals surface area (Å²) >= 11 is 0. The van der Waals surface area contributed by atoms with Gasteiger partial charge < -0.3 is 16.2 Å². The van der Waals surface area contributed by atoms with Gasteiger partial charge in [0, 0.05) is 35.1 Å². The molecular weight excluding hydrogens is 326 g/mol. The van der Waals surface area contributed by atoms with Gasteiger partial charge >= 0.3 is 0 Å². The molecule has 4 N–H and O–H groups in total. The first kappa shape index (κ1) is 15.8. The van der Waals surface area contributed by atoms with Crippen molar-refractivity contribution in [1.82, 2.24) is 15.0 Å². The fourth-order valence-electron chi connectivity index (χ4n) is 2.82. The van der Waals surface area contributed by atoms with Gasteiger partial charge in [0.1, 0.15) is 18.1 Å². The Morgan fingerprint density at radius 2 is 1.62 bits per heavy atom. The van der Waals surface area contributed by atoms with E-state index in [9.17, 15) is 0 Å². The molecule has 0 aliphatic heterocycles. The van der Waals surface area contributed by atoms with E-state index in [0.29, 0.717) is 23.8 Å². The maximum atomic E-state index is 6.04. The summed E-state index contributed by atoms with van der Waals surface area (Å²) in [6.45, 7) is 0.392.